The molecule has 2 unspecified atom stereocenters. The van der Waals surface area contributed by atoms with E-state index in [-0.39, 0.29) is 36.3 Å². The molecule has 6 atom stereocenters. The first-order valence-corrected chi connectivity index (χ1v) is 16.1. The van der Waals surface area contributed by atoms with Gasteiger partial charge in [-0.3, -0.25) is 19.2 Å². The average molecular weight is 620 g/mol. The molecule has 12 nitrogen and oxygen atoms in total. The number of esters is 1. The Labute approximate surface area is 261 Å². The summed E-state index contributed by atoms with van der Waals surface area (Å²) in [5.41, 5.74) is 4.53. The van der Waals surface area contributed by atoms with E-state index in [4.69, 9.17) is 10.5 Å². The van der Waals surface area contributed by atoms with E-state index in [2.05, 4.69) is 16.0 Å². The van der Waals surface area contributed by atoms with Crippen molar-refractivity contribution in [2.75, 3.05) is 6.54 Å². The van der Waals surface area contributed by atoms with Gasteiger partial charge in [0.25, 0.3) is 5.91 Å². The standard InChI is InChI=1S/C32H53N5O7/c1-16(2)21-13-14-37(24(21)28(40)34-22(15-19-9-10-19)25(38)27(33)39)29(41)26(32(6,7)8)36-31(43)35-23(17(3)4)30(42)44-18(5)20-11-12-20/h16-24,26H,9-15H2,1-8H3,(H2,33,39)(H,34,40)(H2,35,36,43)/t18?,21-,22?,23+,24+,26-/m1/s1. The third-order valence-corrected chi connectivity index (χ3v) is 9.18. The Morgan fingerprint density at radius 3 is 1.98 bits per heavy atom. The molecule has 0 aromatic heterocycles. The van der Waals surface area contributed by atoms with Gasteiger partial charge in [-0.2, -0.15) is 0 Å². The van der Waals surface area contributed by atoms with Gasteiger partial charge in [0.15, 0.2) is 0 Å². The predicted molar refractivity (Wildman–Crippen MR) is 164 cm³/mol. The number of nitrogens with two attached hydrogens (primary N) is 1. The molecule has 3 rings (SSSR count). The van der Waals surface area contributed by atoms with Crippen LogP contribution in [0.5, 0.6) is 0 Å². The molecule has 0 aromatic rings. The third-order valence-electron chi connectivity index (χ3n) is 9.18. The number of ether oxygens (including phenoxy) is 1. The Kier molecular flexibility index (Phi) is 11.5. The van der Waals surface area contributed by atoms with Crippen LogP contribution in [0, 0.1) is 35.0 Å². The maximum Gasteiger partial charge on any atom is 0.329 e. The van der Waals surface area contributed by atoms with Crippen molar-refractivity contribution >= 4 is 35.5 Å². The van der Waals surface area contributed by atoms with Crippen LogP contribution in [0.25, 0.3) is 0 Å². The quantitative estimate of drug-likeness (QED) is 0.170. The van der Waals surface area contributed by atoms with Crippen molar-refractivity contribution in [2.24, 2.45) is 40.7 Å². The Bertz CT molecular complexity index is 1110. The van der Waals surface area contributed by atoms with Gasteiger partial charge in [0.1, 0.15) is 24.2 Å². The summed E-state index contributed by atoms with van der Waals surface area (Å²) in [5, 5.41) is 8.23. The second-order valence-electron chi connectivity index (χ2n) is 14.8. The maximum atomic E-state index is 14.2. The fourth-order valence-electron chi connectivity index (χ4n) is 5.99. The van der Waals surface area contributed by atoms with E-state index < -0.39 is 65.1 Å². The van der Waals surface area contributed by atoms with Crippen LogP contribution in [0.1, 0.15) is 93.9 Å². The van der Waals surface area contributed by atoms with E-state index in [0.29, 0.717) is 18.8 Å². The number of nitrogens with one attached hydrogen (secondary N) is 3. The first-order chi connectivity index (χ1) is 20.4. The molecule has 12 heteroatoms. The number of urea groups is 1. The summed E-state index contributed by atoms with van der Waals surface area (Å²) in [4.78, 5) is 79.9. The summed E-state index contributed by atoms with van der Waals surface area (Å²) < 4.78 is 5.61. The molecule has 0 radical (unpaired) electrons. The van der Waals surface area contributed by atoms with Crippen LogP contribution in [0.4, 0.5) is 4.79 Å². The molecule has 1 aliphatic heterocycles. The minimum Gasteiger partial charge on any atom is -0.461 e. The molecule has 2 aliphatic carbocycles. The Balaban J connectivity index is 1.78. The summed E-state index contributed by atoms with van der Waals surface area (Å²) in [6, 6.07) is -4.58. The Hall–Kier alpha value is -3.18. The van der Waals surface area contributed by atoms with Crippen LogP contribution in [0.3, 0.4) is 0 Å². The molecule has 3 fully saturated rings. The lowest BCUT2D eigenvalue weighted by Crippen LogP contribution is -2.62. The summed E-state index contributed by atoms with van der Waals surface area (Å²) >= 11 is 0. The number of hydrogen-bond donors (Lipinski definition) is 4. The zero-order valence-electron chi connectivity index (χ0n) is 27.6. The Morgan fingerprint density at radius 1 is 0.886 bits per heavy atom. The number of Topliss-reactive ketones (excluding diaryl/α,β-unsaturated/α-hetero) is 1. The lowest BCUT2D eigenvalue weighted by Gasteiger charge is -2.37. The molecule has 0 bridgehead atoms. The molecular formula is C32H53N5O7. The second-order valence-corrected chi connectivity index (χ2v) is 14.8. The molecule has 1 saturated heterocycles. The van der Waals surface area contributed by atoms with Gasteiger partial charge in [-0.05, 0) is 67.6 Å². The van der Waals surface area contributed by atoms with Crippen LogP contribution in [0.2, 0.25) is 0 Å². The van der Waals surface area contributed by atoms with Gasteiger partial charge in [0, 0.05) is 6.54 Å². The van der Waals surface area contributed by atoms with E-state index in [1.807, 2.05) is 41.5 Å². The van der Waals surface area contributed by atoms with Gasteiger partial charge >= 0.3 is 12.0 Å². The predicted octanol–water partition coefficient (Wildman–Crippen LogP) is 2.28. The number of rotatable bonds is 14. The number of amides is 5. The van der Waals surface area contributed by atoms with Gasteiger partial charge in [0.05, 0.1) is 6.04 Å². The highest BCUT2D eigenvalue weighted by atomic mass is 16.5. The molecule has 2 saturated carbocycles. The largest absolute Gasteiger partial charge is 0.461 e. The van der Waals surface area contributed by atoms with Crippen LogP contribution in [0.15, 0.2) is 0 Å². The highest BCUT2D eigenvalue weighted by Gasteiger charge is 2.48. The normalized spacial score (nSPS) is 23.0. The Morgan fingerprint density at radius 2 is 1.50 bits per heavy atom. The van der Waals surface area contributed by atoms with Gasteiger partial charge in [-0.1, -0.05) is 61.3 Å². The van der Waals surface area contributed by atoms with Crippen LogP contribution in [-0.4, -0.2) is 77.2 Å². The molecule has 5 amide bonds. The molecule has 5 N–H and O–H groups in total. The van der Waals surface area contributed by atoms with Crippen molar-refractivity contribution in [3.8, 4) is 0 Å². The number of primary amides is 1. The average Bonchev–Trinajstić information content (AvgIpc) is 3.86. The highest BCUT2D eigenvalue weighted by Crippen LogP contribution is 2.36. The number of likely N-dealkylation sites (tertiary alicyclic amines) is 1. The number of carbonyl (C=O) groups is 6. The van der Waals surface area contributed by atoms with E-state index in [9.17, 15) is 28.8 Å². The van der Waals surface area contributed by atoms with Gasteiger partial charge in [-0.15, -0.1) is 0 Å². The summed E-state index contributed by atoms with van der Waals surface area (Å²) in [6.45, 7) is 15.1. The molecule has 248 valence electrons. The molecule has 0 aromatic carbocycles. The fraction of sp³-hybridized carbons (Fsp3) is 0.812. The van der Waals surface area contributed by atoms with E-state index >= 15 is 0 Å². The zero-order chi connectivity index (χ0) is 33.1. The monoisotopic (exact) mass is 619 g/mol. The second kappa shape index (κ2) is 14.3. The molecule has 3 aliphatic rings. The highest BCUT2D eigenvalue weighted by molar-refractivity contribution is 6.37. The summed E-state index contributed by atoms with van der Waals surface area (Å²) in [6.07, 6.45) is 4.51. The molecule has 44 heavy (non-hydrogen) atoms. The molecular weight excluding hydrogens is 566 g/mol. The van der Waals surface area contributed by atoms with Crippen molar-refractivity contribution in [3.63, 3.8) is 0 Å². The van der Waals surface area contributed by atoms with E-state index in [0.717, 1.165) is 25.7 Å². The van der Waals surface area contributed by atoms with Crippen molar-refractivity contribution < 1.29 is 33.5 Å². The van der Waals surface area contributed by atoms with Crippen molar-refractivity contribution in [2.45, 2.75) is 124 Å². The van der Waals surface area contributed by atoms with E-state index in [1.54, 1.807) is 13.8 Å². The zero-order valence-corrected chi connectivity index (χ0v) is 27.6. The smallest absolute Gasteiger partial charge is 0.329 e. The van der Waals surface area contributed by atoms with Crippen LogP contribution >= 0.6 is 0 Å². The minimum absolute atomic E-state index is 0.0393. The van der Waals surface area contributed by atoms with Gasteiger partial charge < -0.3 is 31.3 Å². The van der Waals surface area contributed by atoms with Gasteiger partial charge in [-0.25, -0.2) is 9.59 Å². The lowest BCUT2D eigenvalue weighted by molar-refractivity contribution is -0.152. The van der Waals surface area contributed by atoms with Crippen molar-refractivity contribution in [1.29, 1.82) is 0 Å². The first-order valence-electron chi connectivity index (χ1n) is 16.1. The maximum absolute atomic E-state index is 14.2. The number of ketones is 1. The van der Waals surface area contributed by atoms with E-state index in [1.165, 1.54) is 4.90 Å². The summed E-state index contributed by atoms with van der Waals surface area (Å²) in [5.74, 6) is -3.26. The number of nitrogens with zero attached hydrogens (tertiary/aromatic N) is 1. The molecule has 0 spiro atoms. The SMILES string of the molecule is CC(OC(=O)[C@@H](NC(=O)N[C@H](C(=O)N1CC[C@H](C(C)C)[C@H]1C(=O)NC(CC1CC1)C(=O)C(N)=O)C(C)(C)C)C(C)C)C1CC1. The fourth-order valence-corrected chi connectivity index (χ4v) is 5.99. The van der Waals surface area contributed by atoms with Crippen molar-refractivity contribution in [1.82, 2.24) is 20.9 Å². The van der Waals surface area contributed by atoms with Crippen LogP contribution < -0.4 is 21.7 Å². The first kappa shape index (κ1) is 35.3. The topological polar surface area (TPSA) is 177 Å². The lowest BCUT2D eigenvalue weighted by atomic mass is 9.84. The van der Waals surface area contributed by atoms with Gasteiger partial charge in [0.2, 0.25) is 17.6 Å². The third kappa shape index (κ3) is 9.17. The number of carbonyl (C=O) groups excluding carboxylic acids is 6. The van der Waals surface area contributed by atoms with Crippen molar-refractivity contribution in [3.05, 3.63) is 0 Å². The number of hydrogen-bond acceptors (Lipinski definition) is 7. The summed E-state index contributed by atoms with van der Waals surface area (Å²) in [7, 11) is 0. The molecule has 1 heterocycles. The van der Waals surface area contributed by atoms with Crippen LogP contribution in [-0.2, 0) is 28.7 Å². The minimum atomic E-state index is -1.11.